The largest absolute Gasteiger partial charge is 0.322 e. The first-order valence-corrected chi connectivity index (χ1v) is 5.67. The van der Waals surface area contributed by atoms with E-state index >= 15 is 0 Å². The van der Waals surface area contributed by atoms with Crippen LogP contribution in [0.4, 0.5) is 5.69 Å². The Morgan fingerprint density at radius 1 is 1.31 bits per heavy atom. The van der Waals surface area contributed by atoms with Gasteiger partial charge in [-0.3, -0.25) is 4.79 Å². The molecule has 0 spiro atoms. The van der Waals surface area contributed by atoms with E-state index < -0.39 is 0 Å². The van der Waals surface area contributed by atoms with Gasteiger partial charge < -0.3 is 5.32 Å². The number of rotatable bonds is 2. The zero-order valence-electron chi connectivity index (χ0n) is 6.68. The molecule has 0 saturated heterocycles. The van der Waals surface area contributed by atoms with Crippen LogP contribution in [0.3, 0.4) is 0 Å². The molecule has 0 saturated carbocycles. The van der Waals surface area contributed by atoms with E-state index in [1.165, 1.54) is 6.08 Å². The smallest absolute Gasteiger partial charge is 0.247 e. The lowest BCUT2D eigenvalue weighted by Gasteiger charge is -2.03. The molecule has 0 aliphatic heterocycles. The van der Waals surface area contributed by atoms with Gasteiger partial charge in [0.15, 0.2) is 0 Å². The molecular weight excluding hydrogens is 392 g/mol. The summed E-state index contributed by atoms with van der Waals surface area (Å²) in [7, 11) is 0. The monoisotopic (exact) mass is 399 g/mol. The van der Waals surface area contributed by atoms with Crippen LogP contribution in [-0.2, 0) is 4.79 Å². The summed E-state index contributed by atoms with van der Waals surface area (Å²) in [6.07, 6.45) is 1.26. The summed E-state index contributed by atoms with van der Waals surface area (Å²) in [5.74, 6) is -0.183. The van der Waals surface area contributed by atoms with Crippen molar-refractivity contribution < 1.29 is 4.79 Å². The Balaban J connectivity index is 2.89. The molecule has 68 valence electrons. The average Bonchev–Trinajstić information content (AvgIpc) is 2.02. The highest BCUT2D eigenvalue weighted by molar-refractivity contribution is 14.1. The Kier molecular flexibility index (Phi) is 4.17. The molecule has 2 nitrogen and oxygen atoms in total. The summed E-state index contributed by atoms with van der Waals surface area (Å²) in [4.78, 5) is 11.0. The van der Waals surface area contributed by atoms with Crippen LogP contribution in [0.15, 0.2) is 30.9 Å². The molecule has 1 aromatic rings. The Morgan fingerprint density at radius 2 is 1.85 bits per heavy atom. The number of nitrogens with one attached hydrogen (secondary N) is 1. The van der Waals surface area contributed by atoms with Gasteiger partial charge in [-0.2, -0.15) is 0 Å². The van der Waals surface area contributed by atoms with Crippen molar-refractivity contribution in [2.75, 3.05) is 5.32 Å². The lowest BCUT2D eigenvalue weighted by molar-refractivity contribution is -0.111. The molecule has 13 heavy (non-hydrogen) atoms. The van der Waals surface area contributed by atoms with Crippen LogP contribution in [0, 0.1) is 7.14 Å². The number of anilines is 1. The number of amides is 1. The number of hydrogen-bond donors (Lipinski definition) is 1. The van der Waals surface area contributed by atoms with Gasteiger partial charge in [-0.1, -0.05) is 6.58 Å². The van der Waals surface area contributed by atoms with E-state index in [0.717, 1.165) is 12.8 Å². The second-order valence-electron chi connectivity index (χ2n) is 2.35. The molecule has 0 radical (unpaired) electrons. The first-order chi connectivity index (χ1) is 6.11. The minimum absolute atomic E-state index is 0.183. The molecule has 0 bridgehead atoms. The molecule has 1 N–H and O–H groups in total. The lowest BCUT2D eigenvalue weighted by atomic mass is 10.3. The standard InChI is InChI=1S/C9H7I2NO/c1-2-9(13)12-8-4-6(10)3-7(11)5-8/h2-5H,1H2,(H,12,13). The summed E-state index contributed by atoms with van der Waals surface area (Å²) in [6, 6.07) is 5.85. The van der Waals surface area contributed by atoms with Gasteiger partial charge in [0.2, 0.25) is 5.91 Å². The predicted octanol–water partition coefficient (Wildman–Crippen LogP) is 3.02. The van der Waals surface area contributed by atoms with Crippen LogP contribution >= 0.6 is 45.2 Å². The second kappa shape index (κ2) is 4.94. The number of halogens is 2. The van der Waals surface area contributed by atoms with E-state index in [1.807, 2.05) is 18.2 Å². The topological polar surface area (TPSA) is 29.1 Å². The number of benzene rings is 1. The Bertz CT molecular complexity index is 329. The van der Waals surface area contributed by atoms with Gasteiger partial charge in [0.1, 0.15) is 0 Å². The highest BCUT2D eigenvalue weighted by Gasteiger charge is 1.99. The van der Waals surface area contributed by atoms with Crippen molar-refractivity contribution in [2.24, 2.45) is 0 Å². The van der Waals surface area contributed by atoms with Crippen LogP contribution in [0.5, 0.6) is 0 Å². The molecule has 1 amide bonds. The van der Waals surface area contributed by atoms with E-state index in [9.17, 15) is 4.79 Å². The maximum Gasteiger partial charge on any atom is 0.247 e. The fourth-order valence-electron chi connectivity index (χ4n) is 0.819. The van der Waals surface area contributed by atoms with Gasteiger partial charge in [-0.25, -0.2) is 0 Å². The molecule has 1 rings (SSSR count). The zero-order valence-corrected chi connectivity index (χ0v) is 11.0. The third-order valence-electron chi connectivity index (χ3n) is 1.32. The van der Waals surface area contributed by atoms with Crippen molar-refractivity contribution in [1.82, 2.24) is 0 Å². The van der Waals surface area contributed by atoms with Crippen molar-refractivity contribution in [2.45, 2.75) is 0 Å². The highest BCUT2D eigenvalue weighted by atomic mass is 127. The third kappa shape index (κ3) is 3.63. The van der Waals surface area contributed by atoms with Crippen molar-refractivity contribution >= 4 is 56.8 Å². The van der Waals surface area contributed by atoms with Crippen LogP contribution < -0.4 is 5.32 Å². The first-order valence-electron chi connectivity index (χ1n) is 3.51. The summed E-state index contributed by atoms with van der Waals surface area (Å²) in [5.41, 5.74) is 0.807. The SMILES string of the molecule is C=CC(=O)Nc1cc(I)cc(I)c1. The van der Waals surface area contributed by atoms with Crippen LogP contribution in [0.25, 0.3) is 0 Å². The van der Waals surface area contributed by atoms with Crippen LogP contribution in [0.2, 0.25) is 0 Å². The second-order valence-corrected chi connectivity index (χ2v) is 4.84. The molecule has 0 aromatic heterocycles. The molecule has 4 heteroatoms. The molecule has 1 aromatic carbocycles. The van der Waals surface area contributed by atoms with Crippen molar-refractivity contribution in [3.63, 3.8) is 0 Å². The molecular formula is C9H7I2NO. The van der Waals surface area contributed by atoms with E-state index in [0.29, 0.717) is 0 Å². The molecule has 0 aliphatic rings. The van der Waals surface area contributed by atoms with Crippen molar-refractivity contribution in [3.05, 3.63) is 38.0 Å². The van der Waals surface area contributed by atoms with E-state index in [-0.39, 0.29) is 5.91 Å². The maximum atomic E-state index is 11.0. The summed E-state index contributed by atoms with van der Waals surface area (Å²) in [6.45, 7) is 3.39. The zero-order chi connectivity index (χ0) is 9.84. The number of hydrogen-bond acceptors (Lipinski definition) is 1. The quantitative estimate of drug-likeness (QED) is 0.602. The average molecular weight is 399 g/mol. The molecule has 0 atom stereocenters. The van der Waals surface area contributed by atoms with Gasteiger partial charge in [0, 0.05) is 12.8 Å². The van der Waals surface area contributed by atoms with Crippen LogP contribution in [-0.4, -0.2) is 5.91 Å². The Morgan fingerprint density at radius 3 is 2.31 bits per heavy atom. The van der Waals surface area contributed by atoms with Gasteiger partial charge in [-0.05, 0) is 69.5 Å². The summed E-state index contributed by atoms with van der Waals surface area (Å²) < 4.78 is 2.20. The first kappa shape index (κ1) is 11.0. The van der Waals surface area contributed by atoms with Gasteiger partial charge in [-0.15, -0.1) is 0 Å². The fourth-order valence-corrected chi connectivity index (χ4v) is 2.76. The number of carbonyl (C=O) groups is 1. The van der Waals surface area contributed by atoms with Crippen molar-refractivity contribution in [3.8, 4) is 0 Å². The summed E-state index contributed by atoms with van der Waals surface area (Å²) in [5, 5.41) is 2.71. The normalized spacial score (nSPS) is 9.38. The third-order valence-corrected chi connectivity index (χ3v) is 2.56. The molecule has 0 aliphatic carbocycles. The van der Waals surface area contributed by atoms with E-state index in [2.05, 4.69) is 57.1 Å². The number of carbonyl (C=O) groups excluding carboxylic acids is 1. The van der Waals surface area contributed by atoms with Crippen molar-refractivity contribution in [1.29, 1.82) is 0 Å². The van der Waals surface area contributed by atoms with Gasteiger partial charge >= 0.3 is 0 Å². The highest BCUT2D eigenvalue weighted by Crippen LogP contribution is 2.17. The molecule has 0 heterocycles. The maximum absolute atomic E-state index is 11.0. The van der Waals surface area contributed by atoms with Crippen LogP contribution in [0.1, 0.15) is 0 Å². The lowest BCUT2D eigenvalue weighted by Crippen LogP contribution is -2.07. The molecule has 0 unspecified atom stereocenters. The predicted molar refractivity (Wildman–Crippen MR) is 70.7 cm³/mol. The van der Waals surface area contributed by atoms with Gasteiger partial charge in [0.25, 0.3) is 0 Å². The van der Waals surface area contributed by atoms with E-state index in [1.54, 1.807) is 0 Å². The van der Waals surface area contributed by atoms with Gasteiger partial charge in [0.05, 0.1) is 0 Å². The van der Waals surface area contributed by atoms with E-state index in [4.69, 9.17) is 0 Å². The Labute approximate surface area is 104 Å². The Hall–Kier alpha value is -0.110. The molecule has 0 fully saturated rings. The summed E-state index contributed by atoms with van der Waals surface area (Å²) >= 11 is 4.42. The fraction of sp³-hybridized carbons (Fsp3) is 0. The minimum atomic E-state index is -0.183. The minimum Gasteiger partial charge on any atom is -0.322 e.